The highest BCUT2D eigenvalue weighted by Crippen LogP contribution is 2.30. The molecule has 0 atom stereocenters. The molecule has 0 bridgehead atoms. The highest BCUT2D eigenvalue weighted by Gasteiger charge is 2.22. The fourth-order valence-electron chi connectivity index (χ4n) is 3.67. The zero-order chi connectivity index (χ0) is 19.5. The maximum Gasteiger partial charge on any atom is 0.251 e. The fraction of sp³-hybridized carbons (Fsp3) is 0.524. The summed E-state index contributed by atoms with van der Waals surface area (Å²) >= 11 is 0. The molecule has 1 aromatic carbocycles. The Balaban J connectivity index is 1.23. The second-order valence-corrected chi connectivity index (χ2v) is 7.54. The molecular formula is C21H27N3O4. The number of piperidine rings is 1. The summed E-state index contributed by atoms with van der Waals surface area (Å²) in [6, 6.07) is 5.34. The van der Waals surface area contributed by atoms with Crippen molar-refractivity contribution in [2.75, 3.05) is 32.8 Å². The zero-order valence-electron chi connectivity index (χ0n) is 16.5. The Morgan fingerprint density at radius 1 is 1.18 bits per heavy atom. The molecule has 1 fully saturated rings. The summed E-state index contributed by atoms with van der Waals surface area (Å²) in [6.07, 6.45) is 2.11. The first-order valence-corrected chi connectivity index (χ1v) is 9.91. The molecule has 2 aliphatic rings. The van der Waals surface area contributed by atoms with E-state index in [0.29, 0.717) is 42.7 Å². The minimum atomic E-state index is -0.0647. The highest BCUT2D eigenvalue weighted by molar-refractivity contribution is 5.94. The maximum atomic E-state index is 12.5. The van der Waals surface area contributed by atoms with Crippen LogP contribution in [0.15, 0.2) is 22.6 Å². The predicted molar refractivity (Wildman–Crippen MR) is 104 cm³/mol. The standard InChI is InChI=1S/C21H27N3O4/c1-14-15(2)28-20(23-14)13-24-7-5-16(6-8-24)12-22-21(25)17-3-4-18-19(11-17)27-10-9-26-18/h3-4,11,16H,5-10,12-13H2,1-2H3,(H,22,25). The van der Waals surface area contributed by atoms with Crippen LogP contribution in [0.3, 0.4) is 0 Å². The lowest BCUT2D eigenvalue weighted by Crippen LogP contribution is -2.38. The lowest BCUT2D eigenvalue weighted by Gasteiger charge is -2.31. The zero-order valence-corrected chi connectivity index (χ0v) is 16.5. The Bertz CT molecular complexity index is 821. The van der Waals surface area contributed by atoms with Crippen molar-refractivity contribution in [3.63, 3.8) is 0 Å². The smallest absolute Gasteiger partial charge is 0.251 e. The lowest BCUT2D eigenvalue weighted by molar-refractivity contribution is 0.0932. The number of fused-ring (bicyclic) bond motifs is 1. The second-order valence-electron chi connectivity index (χ2n) is 7.54. The number of carbonyl (C=O) groups excluding carboxylic acids is 1. The third-order valence-electron chi connectivity index (χ3n) is 5.49. The Hall–Kier alpha value is -2.54. The second kappa shape index (κ2) is 8.22. The number of nitrogens with one attached hydrogen (secondary N) is 1. The van der Waals surface area contributed by atoms with Crippen molar-refractivity contribution in [2.24, 2.45) is 5.92 Å². The summed E-state index contributed by atoms with van der Waals surface area (Å²) in [5.41, 5.74) is 1.57. The van der Waals surface area contributed by atoms with Gasteiger partial charge in [-0.1, -0.05) is 0 Å². The van der Waals surface area contributed by atoms with Crippen molar-refractivity contribution >= 4 is 5.91 Å². The first-order chi connectivity index (χ1) is 13.6. The van der Waals surface area contributed by atoms with Gasteiger partial charge in [0.2, 0.25) is 5.89 Å². The van der Waals surface area contributed by atoms with Gasteiger partial charge in [0.25, 0.3) is 5.91 Å². The van der Waals surface area contributed by atoms with E-state index in [1.165, 1.54) is 0 Å². The van der Waals surface area contributed by atoms with Crippen LogP contribution in [0.1, 0.15) is 40.5 Å². The van der Waals surface area contributed by atoms with E-state index in [4.69, 9.17) is 13.9 Å². The van der Waals surface area contributed by atoms with Crippen molar-refractivity contribution in [1.82, 2.24) is 15.2 Å². The summed E-state index contributed by atoms with van der Waals surface area (Å²) in [5, 5.41) is 3.07. The van der Waals surface area contributed by atoms with Crippen molar-refractivity contribution in [3.8, 4) is 11.5 Å². The van der Waals surface area contributed by atoms with Gasteiger partial charge in [0.1, 0.15) is 19.0 Å². The molecule has 1 saturated heterocycles. The molecule has 1 aromatic heterocycles. The summed E-state index contributed by atoms with van der Waals surface area (Å²) in [7, 11) is 0. The van der Waals surface area contributed by atoms with Gasteiger partial charge in [0.05, 0.1) is 12.2 Å². The Morgan fingerprint density at radius 3 is 2.64 bits per heavy atom. The number of amides is 1. The van der Waals surface area contributed by atoms with Crippen molar-refractivity contribution in [1.29, 1.82) is 0 Å². The van der Waals surface area contributed by atoms with E-state index in [-0.39, 0.29) is 5.91 Å². The molecule has 0 saturated carbocycles. The number of aromatic nitrogens is 1. The van der Waals surface area contributed by atoms with Crippen LogP contribution in [0.25, 0.3) is 0 Å². The first kappa shape index (κ1) is 18.8. The van der Waals surface area contributed by atoms with Gasteiger partial charge in [-0.2, -0.15) is 0 Å². The van der Waals surface area contributed by atoms with Crippen LogP contribution < -0.4 is 14.8 Å². The number of rotatable bonds is 5. The number of benzene rings is 1. The van der Waals surface area contributed by atoms with E-state index in [2.05, 4.69) is 15.2 Å². The van der Waals surface area contributed by atoms with Gasteiger partial charge in [0.15, 0.2) is 11.5 Å². The van der Waals surface area contributed by atoms with Gasteiger partial charge in [-0.3, -0.25) is 9.69 Å². The molecule has 4 rings (SSSR count). The lowest BCUT2D eigenvalue weighted by atomic mass is 9.96. The average Bonchev–Trinajstić information content (AvgIpc) is 3.03. The number of aryl methyl sites for hydroxylation is 2. The van der Waals surface area contributed by atoms with Crippen molar-refractivity contribution < 1.29 is 18.7 Å². The number of likely N-dealkylation sites (tertiary alicyclic amines) is 1. The van der Waals surface area contributed by atoms with E-state index >= 15 is 0 Å². The quantitative estimate of drug-likeness (QED) is 0.853. The molecule has 3 heterocycles. The van der Waals surface area contributed by atoms with Crippen molar-refractivity contribution in [2.45, 2.75) is 33.2 Å². The minimum Gasteiger partial charge on any atom is -0.486 e. The first-order valence-electron chi connectivity index (χ1n) is 9.91. The highest BCUT2D eigenvalue weighted by atomic mass is 16.6. The van der Waals surface area contributed by atoms with Crippen molar-refractivity contribution in [3.05, 3.63) is 41.1 Å². The third-order valence-corrected chi connectivity index (χ3v) is 5.49. The molecule has 0 radical (unpaired) electrons. The molecule has 2 aromatic rings. The molecule has 0 unspecified atom stereocenters. The molecule has 1 amide bonds. The normalized spacial score (nSPS) is 17.5. The number of oxazole rings is 1. The van der Waals surface area contributed by atoms with E-state index in [9.17, 15) is 4.79 Å². The Labute approximate surface area is 165 Å². The summed E-state index contributed by atoms with van der Waals surface area (Å²) in [6.45, 7) is 8.41. The molecule has 2 aliphatic heterocycles. The average molecular weight is 385 g/mol. The largest absolute Gasteiger partial charge is 0.486 e. The Kier molecular flexibility index (Phi) is 5.52. The van der Waals surface area contributed by atoms with E-state index < -0.39 is 0 Å². The molecule has 150 valence electrons. The number of hydrogen-bond acceptors (Lipinski definition) is 6. The molecule has 28 heavy (non-hydrogen) atoms. The van der Waals surface area contributed by atoms with E-state index in [0.717, 1.165) is 49.8 Å². The van der Waals surface area contributed by atoms with Crippen LogP contribution in [0.5, 0.6) is 11.5 Å². The molecular weight excluding hydrogens is 358 g/mol. The van der Waals surface area contributed by atoms with Gasteiger partial charge >= 0.3 is 0 Å². The Morgan fingerprint density at radius 2 is 1.93 bits per heavy atom. The van der Waals surface area contributed by atoms with Gasteiger partial charge < -0.3 is 19.2 Å². The van der Waals surface area contributed by atoms with Crippen LogP contribution in [0.2, 0.25) is 0 Å². The molecule has 0 aliphatic carbocycles. The topological polar surface area (TPSA) is 76.8 Å². The van der Waals surface area contributed by atoms with Gasteiger partial charge in [-0.25, -0.2) is 4.98 Å². The number of nitrogens with zero attached hydrogens (tertiary/aromatic N) is 2. The van der Waals surface area contributed by atoms with Crippen LogP contribution >= 0.6 is 0 Å². The van der Waals surface area contributed by atoms with Crippen LogP contribution in [0.4, 0.5) is 0 Å². The minimum absolute atomic E-state index is 0.0647. The monoisotopic (exact) mass is 385 g/mol. The number of carbonyl (C=O) groups is 1. The molecule has 1 N–H and O–H groups in total. The van der Waals surface area contributed by atoms with Gasteiger partial charge in [0, 0.05) is 12.1 Å². The molecule has 7 heteroatoms. The van der Waals surface area contributed by atoms with Crippen LogP contribution in [-0.2, 0) is 6.54 Å². The van der Waals surface area contributed by atoms with Gasteiger partial charge in [-0.05, 0) is 63.9 Å². The third kappa shape index (κ3) is 4.30. The SMILES string of the molecule is Cc1nc(CN2CCC(CNC(=O)c3ccc4c(c3)OCCO4)CC2)oc1C. The van der Waals surface area contributed by atoms with Gasteiger partial charge in [-0.15, -0.1) is 0 Å². The summed E-state index contributed by atoms with van der Waals surface area (Å²) in [5.74, 6) is 3.46. The number of ether oxygens (including phenoxy) is 2. The summed E-state index contributed by atoms with van der Waals surface area (Å²) < 4.78 is 16.7. The maximum absolute atomic E-state index is 12.5. The van der Waals surface area contributed by atoms with Crippen LogP contribution in [0, 0.1) is 19.8 Å². The van der Waals surface area contributed by atoms with Crippen LogP contribution in [-0.4, -0.2) is 48.6 Å². The molecule has 7 nitrogen and oxygen atoms in total. The van der Waals surface area contributed by atoms with E-state index in [1.807, 2.05) is 13.8 Å². The van der Waals surface area contributed by atoms with E-state index in [1.54, 1.807) is 18.2 Å². The number of hydrogen-bond donors (Lipinski definition) is 1. The predicted octanol–water partition coefficient (Wildman–Crippen LogP) is 2.70. The fourth-order valence-corrected chi connectivity index (χ4v) is 3.67. The molecule has 0 spiro atoms. The summed E-state index contributed by atoms with van der Waals surface area (Å²) in [4.78, 5) is 19.3.